The Morgan fingerprint density at radius 2 is 1.71 bits per heavy atom. The minimum Gasteiger partial charge on any atom is -0.508 e. The van der Waals surface area contributed by atoms with Crippen molar-refractivity contribution in [1.29, 1.82) is 0 Å². The van der Waals surface area contributed by atoms with Crippen molar-refractivity contribution in [2.75, 3.05) is 20.3 Å². The van der Waals surface area contributed by atoms with E-state index < -0.39 is 16.0 Å². The first kappa shape index (κ1) is 17.8. The van der Waals surface area contributed by atoms with E-state index in [0.717, 1.165) is 0 Å². The van der Waals surface area contributed by atoms with E-state index in [9.17, 15) is 13.2 Å². The lowest BCUT2D eigenvalue weighted by Gasteiger charge is -2.08. The molecular weight excluding hydrogens is 334 g/mol. The lowest BCUT2D eigenvalue weighted by atomic mass is 10.2. The van der Waals surface area contributed by atoms with Gasteiger partial charge >= 0.3 is 5.97 Å². The molecule has 0 aromatic heterocycles. The highest BCUT2D eigenvalue weighted by atomic mass is 32.2. The predicted molar refractivity (Wildman–Crippen MR) is 86.6 cm³/mol. The molecule has 0 aliphatic rings. The monoisotopic (exact) mass is 351 g/mol. The molecule has 0 atom stereocenters. The molecule has 0 aliphatic carbocycles. The predicted octanol–water partition coefficient (Wildman–Crippen LogP) is 1.54. The molecular formula is C16H17NO6S. The van der Waals surface area contributed by atoms with Crippen LogP contribution < -0.4 is 9.46 Å². The Morgan fingerprint density at radius 1 is 1.08 bits per heavy atom. The number of phenols is 1. The van der Waals surface area contributed by atoms with Gasteiger partial charge in [-0.1, -0.05) is 0 Å². The van der Waals surface area contributed by atoms with Crippen LogP contribution in [-0.4, -0.2) is 39.8 Å². The van der Waals surface area contributed by atoms with Crippen molar-refractivity contribution in [3.05, 3.63) is 54.1 Å². The van der Waals surface area contributed by atoms with Gasteiger partial charge in [0.15, 0.2) is 0 Å². The summed E-state index contributed by atoms with van der Waals surface area (Å²) in [7, 11) is -2.19. The SMILES string of the molecule is COc1ccc(S(=O)(=O)NCCOC(=O)c2ccc(O)cc2)cc1. The van der Waals surface area contributed by atoms with Gasteiger partial charge in [0.05, 0.1) is 17.6 Å². The second-order valence-corrected chi connectivity index (χ2v) is 6.52. The number of benzene rings is 2. The number of nitrogens with one attached hydrogen (secondary N) is 1. The molecule has 128 valence electrons. The number of hydrogen-bond donors (Lipinski definition) is 2. The maximum Gasteiger partial charge on any atom is 0.338 e. The number of sulfonamides is 1. The van der Waals surface area contributed by atoms with Gasteiger partial charge in [-0.3, -0.25) is 0 Å². The summed E-state index contributed by atoms with van der Waals surface area (Å²) in [6.07, 6.45) is 0. The third-order valence-electron chi connectivity index (χ3n) is 3.10. The van der Waals surface area contributed by atoms with Crippen LogP contribution in [0.2, 0.25) is 0 Å². The molecule has 7 nitrogen and oxygen atoms in total. The number of phenolic OH excluding ortho intramolecular Hbond substituents is 1. The second kappa shape index (κ2) is 7.80. The van der Waals surface area contributed by atoms with Crippen LogP contribution in [0.3, 0.4) is 0 Å². The van der Waals surface area contributed by atoms with E-state index in [1.807, 2.05) is 0 Å². The van der Waals surface area contributed by atoms with E-state index in [2.05, 4.69) is 4.72 Å². The van der Waals surface area contributed by atoms with Crippen LogP contribution in [0.4, 0.5) is 0 Å². The summed E-state index contributed by atoms with van der Waals surface area (Å²) in [5.74, 6) is -0.00535. The number of esters is 1. The van der Waals surface area contributed by atoms with Gasteiger partial charge in [0.25, 0.3) is 0 Å². The molecule has 0 amide bonds. The van der Waals surface area contributed by atoms with Crippen molar-refractivity contribution < 1.29 is 27.8 Å². The minimum atomic E-state index is -3.68. The quantitative estimate of drug-likeness (QED) is 0.579. The zero-order chi connectivity index (χ0) is 17.6. The maximum absolute atomic E-state index is 12.1. The van der Waals surface area contributed by atoms with Crippen LogP contribution in [-0.2, 0) is 14.8 Å². The molecule has 2 rings (SSSR count). The number of methoxy groups -OCH3 is 1. The van der Waals surface area contributed by atoms with Crippen LogP contribution >= 0.6 is 0 Å². The molecule has 0 spiro atoms. The Morgan fingerprint density at radius 3 is 2.29 bits per heavy atom. The number of ether oxygens (including phenoxy) is 2. The lowest BCUT2D eigenvalue weighted by Crippen LogP contribution is -2.28. The van der Waals surface area contributed by atoms with Gasteiger partial charge in [-0.25, -0.2) is 17.9 Å². The molecule has 0 bridgehead atoms. The molecule has 0 fully saturated rings. The van der Waals surface area contributed by atoms with Gasteiger partial charge in [0.2, 0.25) is 10.0 Å². The molecule has 0 radical (unpaired) electrons. The number of aromatic hydroxyl groups is 1. The zero-order valence-electron chi connectivity index (χ0n) is 12.9. The van der Waals surface area contributed by atoms with Crippen LogP contribution in [0.15, 0.2) is 53.4 Å². The first-order valence-corrected chi connectivity index (χ1v) is 8.50. The summed E-state index contributed by atoms with van der Waals surface area (Å²) in [6, 6.07) is 11.5. The van der Waals surface area contributed by atoms with Gasteiger partial charge in [0, 0.05) is 6.54 Å². The molecule has 24 heavy (non-hydrogen) atoms. The maximum atomic E-state index is 12.1. The van der Waals surface area contributed by atoms with Crippen molar-refractivity contribution in [2.24, 2.45) is 0 Å². The van der Waals surface area contributed by atoms with E-state index in [1.54, 1.807) is 12.1 Å². The fraction of sp³-hybridized carbons (Fsp3) is 0.188. The van der Waals surface area contributed by atoms with Gasteiger partial charge in [0.1, 0.15) is 18.1 Å². The summed E-state index contributed by atoms with van der Waals surface area (Å²) in [5, 5.41) is 9.15. The third kappa shape index (κ3) is 4.71. The van der Waals surface area contributed by atoms with Gasteiger partial charge in [-0.05, 0) is 48.5 Å². The molecule has 2 aromatic rings. The number of carbonyl (C=O) groups is 1. The fourth-order valence-electron chi connectivity index (χ4n) is 1.84. The third-order valence-corrected chi connectivity index (χ3v) is 4.58. The highest BCUT2D eigenvalue weighted by Crippen LogP contribution is 2.15. The Labute approximate surface area is 139 Å². The van der Waals surface area contributed by atoms with Gasteiger partial charge < -0.3 is 14.6 Å². The van der Waals surface area contributed by atoms with Crippen molar-refractivity contribution in [2.45, 2.75) is 4.90 Å². The van der Waals surface area contributed by atoms with Gasteiger partial charge in [-0.15, -0.1) is 0 Å². The average molecular weight is 351 g/mol. The van der Waals surface area contributed by atoms with E-state index in [1.165, 1.54) is 43.5 Å². The van der Waals surface area contributed by atoms with Crippen LogP contribution in [0, 0.1) is 0 Å². The first-order valence-electron chi connectivity index (χ1n) is 7.02. The summed E-state index contributed by atoms with van der Waals surface area (Å²) in [5.41, 5.74) is 0.269. The smallest absolute Gasteiger partial charge is 0.338 e. The Bertz CT molecular complexity index is 784. The standard InChI is InChI=1S/C16H17NO6S/c1-22-14-6-8-15(9-7-14)24(20,21)17-10-11-23-16(19)12-2-4-13(18)5-3-12/h2-9,17-18H,10-11H2,1H3. The molecule has 0 saturated heterocycles. The van der Waals surface area contributed by atoms with Crippen molar-refractivity contribution in [1.82, 2.24) is 4.72 Å². The normalized spacial score (nSPS) is 11.0. The second-order valence-electron chi connectivity index (χ2n) is 4.76. The summed E-state index contributed by atoms with van der Waals surface area (Å²) in [6.45, 7) is -0.173. The largest absolute Gasteiger partial charge is 0.508 e. The lowest BCUT2D eigenvalue weighted by molar-refractivity contribution is 0.0513. The molecule has 0 unspecified atom stereocenters. The average Bonchev–Trinajstić information content (AvgIpc) is 2.59. The number of hydrogen-bond acceptors (Lipinski definition) is 6. The van der Waals surface area contributed by atoms with Crippen molar-refractivity contribution >= 4 is 16.0 Å². The molecule has 8 heteroatoms. The van der Waals surface area contributed by atoms with Crippen LogP contribution in [0.1, 0.15) is 10.4 Å². The number of rotatable bonds is 7. The van der Waals surface area contributed by atoms with E-state index in [0.29, 0.717) is 5.75 Å². The summed E-state index contributed by atoms with van der Waals surface area (Å²) >= 11 is 0. The highest BCUT2D eigenvalue weighted by molar-refractivity contribution is 7.89. The summed E-state index contributed by atoms with van der Waals surface area (Å²) in [4.78, 5) is 11.8. The van der Waals surface area contributed by atoms with Crippen molar-refractivity contribution in [3.63, 3.8) is 0 Å². The molecule has 0 saturated carbocycles. The topological polar surface area (TPSA) is 102 Å². The Balaban J connectivity index is 1.84. The highest BCUT2D eigenvalue weighted by Gasteiger charge is 2.14. The first-order chi connectivity index (χ1) is 11.4. The van der Waals surface area contributed by atoms with E-state index in [4.69, 9.17) is 14.6 Å². The van der Waals surface area contributed by atoms with Gasteiger partial charge in [-0.2, -0.15) is 0 Å². The fourth-order valence-corrected chi connectivity index (χ4v) is 2.85. The van der Waals surface area contributed by atoms with E-state index in [-0.39, 0.29) is 29.4 Å². The number of carbonyl (C=O) groups excluding carboxylic acids is 1. The Hall–Kier alpha value is -2.58. The molecule has 2 aromatic carbocycles. The van der Waals surface area contributed by atoms with Crippen LogP contribution in [0.25, 0.3) is 0 Å². The minimum absolute atomic E-state index is 0.0406. The van der Waals surface area contributed by atoms with E-state index >= 15 is 0 Å². The Kier molecular flexibility index (Phi) is 5.78. The van der Waals surface area contributed by atoms with Crippen LogP contribution in [0.5, 0.6) is 11.5 Å². The zero-order valence-corrected chi connectivity index (χ0v) is 13.7. The molecule has 0 aliphatic heterocycles. The molecule has 2 N–H and O–H groups in total. The summed E-state index contributed by atoms with van der Waals surface area (Å²) < 4.78 is 36.4. The van der Waals surface area contributed by atoms with Crippen molar-refractivity contribution in [3.8, 4) is 11.5 Å². The molecule has 0 heterocycles.